The van der Waals surface area contributed by atoms with Crippen LogP contribution in [0.25, 0.3) is 28.3 Å². The molecule has 6 nitrogen and oxygen atoms in total. The van der Waals surface area contributed by atoms with Gasteiger partial charge in [0, 0.05) is 40.0 Å². The third kappa shape index (κ3) is 5.20. The number of nitrogens with one attached hydrogen (secondary N) is 1. The van der Waals surface area contributed by atoms with Crippen molar-refractivity contribution < 1.29 is 9.21 Å². The van der Waals surface area contributed by atoms with Gasteiger partial charge in [-0.25, -0.2) is 4.98 Å². The van der Waals surface area contributed by atoms with Gasteiger partial charge in [-0.1, -0.05) is 59.1 Å². The highest BCUT2D eigenvalue weighted by atomic mass is 35.5. The molecule has 0 aliphatic rings. The fourth-order valence-corrected chi connectivity index (χ4v) is 4.25. The minimum atomic E-state index is -0.144. The zero-order chi connectivity index (χ0) is 24.4. The number of aryl methyl sites for hydroxylation is 1. The molecule has 1 amide bonds. The van der Waals surface area contributed by atoms with Gasteiger partial charge in [0.1, 0.15) is 17.8 Å². The topological polar surface area (TPSA) is 73.0 Å². The van der Waals surface area contributed by atoms with Crippen LogP contribution in [-0.2, 0) is 17.8 Å². The summed E-state index contributed by atoms with van der Waals surface area (Å²) >= 11 is 18.3. The van der Waals surface area contributed by atoms with E-state index in [0.29, 0.717) is 39.0 Å². The predicted molar refractivity (Wildman–Crippen MR) is 138 cm³/mol. The van der Waals surface area contributed by atoms with Crippen LogP contribution in [0.15, 0.2) is 77.5 Å². The van der Waals surface area contributed by atoms with Gasteiger partial charge in [0.2, 0.25) is 5.91 Å². The number of carbonyl (C=O) groups excluding carboxylic acids is 1. The van der Waals surface area contributed by atoms with Gasteiger partial charge in [-0.15, -0.1) is 0 Å². The Morgan fingerprint density at radius 3 is 2.57 bits per heavy atom. The number of oxazole rings is 1. The quantitative estimate of drug-likeness (QED) is 0.251. The Morgan fingerprint density at radius 1 is 0.971 bits per heavy atom. The summed E-state index contributed by atoms with van der Waals surface area (Å²) in [7, 11) is 0. The molecule has 176 valence electrons. The molecular weight excluding hydrogens is 507 g/mol. The van der Waals surface area contributed by atoms with Gasteiger partial charge in [-0.3, -0.25) is 9.36 Å². The van der Waals surface area contributed by atoms with Crippen LogP contribution in [0.4, 0.5) is 0 Å². The molecule has 5 rings (SSSR count). The first-order valence-corrected chi connectivity index (χ1v) is 12.0. The Balaban J connectivity index is 1.38. The first-order valence-electron chi connectivity index (χ1n) is 10.9. The number of hydrogen-bond donors (Lipinski definition) is 1. The van der Waals surface area contributed by atoms with Crippen LogP contribution < -0.4 is 5.32 Å². The lowest BCUT2D eigenvalue weighted by atomic mass is 10.1. The van der Waals surface area contributed by atoms with Gasteiger partial charge in [-0.2, -0.15) is 4.98 Å². The molecule has 2 heterocycles. The van der Waals surface area contributed by atoms with Crippen LogP contribution in [0.5, 0.6) is 0 Å². The van der Waals surface area contributed by atoms with E-state index in [2.05, 4.69) is 10.3 Å². The standard InChI is InChI=1S/C26H19Cl3N4O2/c27-18-7-5-16(6-8-18)25-23(11-12-24(34)30-14-17-13-19(28)9-10-20(17)29)35-26(32-25)33-15-31-21-3-1-2-4-22(21)33/h1-10,13,15H,11-12,14H2,(H,30,34). The summed E-state index contributed by atoms with van der Waals surface area (Å²) in [6.07, 6.45) is 2.23. The second-order valence-corrected chi connectivity index (χ2v) is 9.17. The molecule has 2 aromatic heterocycles. The van der Waals surface area contributed by atoms with E-state index in [1.807, 2.05) is 36.4 Å². The number of para-hydroxylation sites is 2. The van der Waals surface area contributed by atoms with Crippen LogP contribution in [0, 0.1) is 0 Å². The highest BCUT2D eigenvalue weighted by Gasteiger charge is 2.19. The molecule has 0 unspecified atom stereocenters. The normalized spacial score (nSPS) is 11.2. The Labute approximate surface area is 216 Å². The Bertz CT molecular complexity index is 1510. The van der Waals surface area contributed by atoms with Gasteiger partial charge >= 0.3 is 6.01 Å². The number of nitrogens with zero attached hydrogens (tertiary/aromatic N) is 3. The van der Waals surface area contributed by atoms with E-state index in [1.54, 1.807) is 41.2 Å². The van der Waals surface area contributed by atoms with Gasteiger partial charge in [0.15, 0.2) is 0 Å². The number of hydrogen-bond acceptors (Lipinski definition) is 4. The minimum Gasteiger partial charge on any atom is -0.427 e. The second kappa shape index (κ2) is 10.1. The molecule has 35 heavy (non-hydrogen) atoms. The lowest BCUT2D eigenvalue weighted by molar-refractivity contribution is -0.121. The summed E-state index contributed by atoms with van der Waals surface area (Å²) in [6, 6.07) is 20.6. The van der Waals surface area contributed by atoms with Crippen molar-refractivity contribution in [3.63, 3.8) is 0 Å². The number of rotatable bonds is 7. The van der Waals surface area contributed by atoms with Crippen LogP contribution in [-0.4, -0.2) is 20.4 Å². The summed E-state index contributed by atoms with van der Waals surface area (Å²) in [4.78, 5) is 21.8. The summed E-state index contributed by atoms with van der Waals surface area (Å²) in [5, 5.41) is 4.62. The number of imidazole rings is 1. The average Bonchev–Trinajstić information content (AvgIpc) is 3.48. The Kier molecular flexibility index (Phi) is 6.77. The monoisotopic (exact) mass is 524 g/mol. The lowest BCUT2D eigenvalue weighted by Crippen LogP contribution is -2.23. The summed E-state index contributed by atoms with van der Waals surface area (Å²) in [5.74, 6) is 0.449. The number of aromatic nitrogens is 3. The molecule has 0 saturated heterocycles. The van der Waals surface area contributed by atoms with Gasteiger partial charge in [-0.05, 0) is 48.0 Å². The van der Waals surface area contributed by atoms with Crippen molar-refractivity contribution in [3.05, 3.63) is 99.4 Å². The zero-order valence-electron chi connectivity index (χ0n) is 18.3. The molecule has 0 fully saturated rings. The fourth-order valence-electron chi connectivity index (χ4n) is 3.74. The molecule has 9 heteroatoms. The Hall–Kier alpha value is -3.32. The van der Waals surface area contributed by atoms with E-state index in [-0.39, 0.29) is 18.9 Å². The maximum absolute atomic E-state index is 12.6. The van der Waals surface area contributed by atoms with Gasteiger partial charge in [0.05, 0.1) is 11.0 Å². The molecule has 0 bridgehead atoms. The summed E-state index contributed by atoms with van der Waals surface area (Å²) in [5.41, 5.74) is 3.96. The van der Waals surface area contributed by atoms with Crippen LogP contribution in [0.1, 0.15) is 17.7 Å². The molecule has 0 radical (unpaired) electrons. The smallest absolute Gasteiger partial charge is 0.308 e. The number of halogens is 3. The van der Waals surface area contributed by atoms with Crippen molar-refractivity contribution in [1.29, 1.82) is 0 Å². The molecule has 1 N–H and O–H groups in total. The summed E-state index contributed by atoms with van der Waals surface area (Å²) in [6.45, 7) is 0.283. The van der Waals surface area contributed by atoms with Crippen molar-refractivity contribution in [2.75, 3.05) is 0 Å². The van der Waals surface area contributed by atoms with Crippen molar-refractivity contribution in [3.8, 4) is 17.3 Å². The first kappa shape index (κ1) is 23.4. The minimum absolute atomic E-state index is 0.144. The van der Waals surface area contributed by atoms with Gasteiger partial charge in [0.25, 0.3) is 0 Å². The molecular formula is C26H19Cl3N4O2. The molecule has 0 saturated carbocycles. The average molecular weight is 526 g/mol. The van der Waals surface area contributed by atoms with Crippen molar-refractivity contribution in [1.82, 2.24) is 19.9 Å². The first-order chi connectivity index (χ1) is 17.0. The van der Waals surface area contributed by atoms with Crippen LogP contribution >= 0.6 is 34.8 Å². The Morgan fingerprint density at radius 2 is 1.74 bits per heavy atom. The lowest BCUT2D eigenvalue weighted by Gasteiger charge is -2.07. The maximum atomic E-state index is 12.6. The fraction of sp³-hybridized carbons (Fsp3) is 0.115. The maximum Gasteiger partial charge on any atom is 0.308 e. The molecule has 3 aromatic carbocycles. The zero-order valence-corrected chi connectivity index (χ0v) is 20.6. The number of carbonyl (C=O) groups is 1. The van der Waals surface area contributed by atoms with Crippen LogP contribution in [0.3, 0.4) is 0 Å². The van der Waals surface area contributed by atoms with E-state index < -0.39 is 0 Å². The van der Waals surface area contributed by atoms with Crippen LogP contribution in [0.2, 0.25) is 15.1 Å². The number of fused-ring (bicyclic) bond motifs is 1. The van der Waals surface area contributed by atoms with E-state index in [9.17, 15) is 4.79 Å². The second-order valence-electron chi connectivity index (χ2n) is 7.89. The molecule has 0 atom stereocenters. The van der Waals surface area contributed by atoms with E-state index >= 15 is 0 Å². The van der Waals surface area contributed by atoms with Gasteiger partial charge < -0.3 is 9.73 Å². The summed E-state index contributed by atoms with van der Waals surface area (Å²) < 4.78 is 7.95. The molecule has 5 aromatic rings. The number of benzene rings is 3. The molecule has 0 aliphatic heterocycles. The molecule has 0 spiro atoms. The molecule has 0 aliphatic carbocycles. The van der Waals surface area contributed by atoms with E-state index in [1.165, 1.54) is 0 Å². The third-order valence-corrected chi connectivity index (χ3v) is 6.38. The van der Waals surface area contributed by atoms with Crippen molar-refractivity contribution >= 4 is 51.7 Å². The predicted octanol–water partition coefficient (Wildman–Crippen LogP) is 6.89. The van der Waals surface area contributed by atoms with Crippen molar-refractivity contribution in [2.45, 2.75) is 19.4 Å². The SMILES string of the molecule is O=C(CCc1oc(-n2cnc3ccccc32)nc1-c1ccc(Cl)cc1)NCc1cc(Cl)ccc1Cl. The largest absolute Gasteiger partial charge is 0.427 e. The third-order valence-electron chi connectivity index (χ3n) is 5.53. The number of amides is 1. The van der Waals surface area contributed by atoms with Crippen molar-refractivity contribution in [2.24, 2.45) is 0 Å². The van der Waals surface area contributed by atoms with E-state index in [4.69, 9.17) is 44.2 Å². The van der Waals surface area contributed by atoms with E-state index in [0.717, 1.165) is 22.2 Å². The highest BCUT2D eigenvalue weighted by Crippen LogP contribution is 2.29. The highest BCUT2D eigenvalue weighted by molar-refractivity contribution is 6.33.